The Hall–Kier alpha value is -1.83. The van der Waals surface area contributed by atoms with Crippen molar-refractivity contribution in [1.29, 1.82) is 0 Å². The number of anilines is 2. The number of H-pyrrole nitrogens is 1. The molecule has 0 amide bonds. The van der Waals surface area contributed by atoms with Gasteiger partial charge in [0.05, 0.1) is 26.9 Å². The first kappa shape index (κ1) is 19.9. The van der Waals surface area contributed by atoms with Gasteiger partial charge in [-0.05, 0) is 36.4 Å². The molecule has 0 saturated heterocycles. The van der Waals surface area contributed by atoms with Crippen molar-refractivity contribution in [1.82, 2.24) is 10.2 Å². The second-order valence-corrected chi connectivity index (χ2v) is 7.34. The SMILES string of the molecule is CSc1n[nH]c(Nc2c(Cl)cc(C(F)(F)F)cc2Cl)c1-c1ccccc1C. The van der Waals surface area contributed by atoms with Gasteiger partial charge in [-0.2, -0.15) is 18.3 Å². The molecule has 0 fully saturated rings. The number of nitrogens with zero attached hydrogens (tertiary/aromatic N) is 1. The molecule has 3 aromatic rings. The van der Waals surface area contributed by atoms with Gasteiger partial charge in [-0.15, -0.1) is 11.8 Å². The molecular weight excluding hydrogens is 418 g/mol. The number of thioether (sulfide) groups is 1. The molecule has 142 valence electrons. The number of halogens is 5. The fourth-order valence-electron chi connectivity index (χ4n) is 2.65. The standard InChI is InChI=1S/C18H14Cl2F3N3S/c1-9-5-3-4-6-11(9)14-16(25-26-17(14)27-2)24-15-12(19)7-10(8-13(15)20)18(21,22)23/h3-8H,1-2H3,(H2,24,25,26). The van der Waals surface area contributed by atoms with Crippen molar-refractivity contribution in [3.8, 4) is 11.1 Å². The number of aromatic nitrogens is 2. The van der Waals surface area contributed by atoms with Gasteiger partial charge < -0.3 is 5.32 Å². The van der Waals surface area contributed by atoms with Crippen LogP contribution in [0, 0.1) is 6.92 Å². The predicted molar refractivity (Wildman–Crippen MR) is 105 cm³/mol. The molecule has 0 radical (unpaired) electrons. The smallest absolute Gasteiger partial charge is 0.338 e. The maximum Gasteiger partial charge on any atom is 0.416 e. The molecule has 3 rings (SSSR count). The Labute approximate surface area is 168 Å². The zero-order valence-electron chi connectivity index (χ0n) is 14.2. The van der Waals surface area contributed by atoms with Crippen molar-refractivity contribution in [2.45, 2.75) is 18.1 Å². The van der Waals surface area contributed by atoms with Crippen LogP contribution in [0.15, 0.2) is 41.4 Å². The average Bonchev–Trinajstić information content (AvgIpc) is 3.00. The number of hydrogen-bond acceptors (Lipinski definition) is 3. The van der Waals surface area contributed by atoms with Crippen LogP contribution < -0.4 is 5.32 Å². The van der Waals surface area contributed by atoms with E-state index in [1.807, 2.05) is 37.4 Å². The third-order valence-corrected chi connectivity index (χ3v) is 5.24. The summed E-state index contributed by atoms with van der Waals surface area (Å²) >= 11 is 13.6. The van der Waals surface area contributed by atoms with Crippen LogP contribution in [0.2, 0.25) is 10.0 Å². The minimum absolute atomic E-state index is 0.133. The van der Waals surface area contributed by atoms with E-state index in [2.05, 4.69) is 15.5 Å². The highest BCUT2D eigenvalue weighted by molar-refractivity contribution is 7.98. The highest BCUT2D eigenvalue weighted by Gasteiger charge is 2.32. The molecule has 0 aliphatic heterocycles. The van der Waals surface area contributed by atoms with Crippen molar-refractivity contribution in [3.63, 3.8) is 0 Å². The highest BCUT2D eigenvalue weighted by Crippen LogP contribution is 2.42. The van der Waals surface area contributed by atoms with Crippen LogP contribution in [-0.2, 0) is 6.18 Å². The number of rotatable bonds is 4. The first-order valence-corrected chi connectivity index (χ1v) is 9.72. The molecule has 27 heavy (non-hydrogen) atoms. The molecule has 1 aromatic heterocycles. The molecule has 0 spiro atoms. The van der Waals surface area contributed by atoms with Crippen LogP contribution in [0.1, 0.15) is 11.1 Å². The van der Waals surface area contributed by atoms with Gasteiger partial charge >= 0.3 is 6.18 Å². The van der Waals surface area contributed by atoms with E-state index in [1.165, 1.54) is 11.8 Å². The zero-order valence-corrected chi connectivity index (χ0v) is 16.5. The largest absolute Gasteiger partial charge is 0.416 e. The minimum atomic E-state index is -4.53. The molecular formula is C18H14Cl2F3N3S. The molecule has 3 nitrogen and oxygen atoms in total. The van der Waals surface area contributed by atoms with Crippen LogP contribution in [0.3, 0.4) is 0 Å². The topological polar surface area (TPSA) is 40.7 Å². The Balaban J connectivity index is 2.08. The molecule has 1 heterocycles. The minimum Gasteiger partial charge on any atom is -0.338 e. The Kier molecular flexibility index (Phi) is 5.65. The van der Waals surface area contributed by atoms with E-state index in [-0.39, 0.29) is 15.7 Å². The lowest BCUT2D eigenvalue weighted by Crippen LogP contribution is -2.06. The summed E-state index contributed by atoms with van der Waals surface area (Å²) in [5.41, 5.74) is 2.04. The summed E-state index contributed by atoms with van der Waals surface area (Å²) in [5.74, 6) is 0.497. The molecule has 0 unspecified atom stereocenters. The van der Waals surface area contributed by atoms with Gasteiger partial charge in [-0.3, -0.25) is 5.10 Å². The van der Waals surface area contributed by atoms with Crippen molar-refractivity contribution in [3.05, 3.63) is 57.6 Å². The summed E-state index contributed by atoms with van der Waals surface area (Å²) in [6.07, 6.45) is -2.64. The molecule has 0 atom stereocenters. The lowest BCUT2D eigenvalue weighted by Gasteiger charge is -2.15. The average molecular weight is 432 g/mol. The summed E-state index contributed by atoms with van der Waals surface area (Å²) in [5, 5.41) is 10.6. The van der Waals surface area contributed by atoms with Crippen molar-refractivity contribution in [2.75, 3.05) is 11.6 Å². The second-order valence-electron chi connectivity index (χ2n) is 5.74. The second kappa shape index (κ2) is 7.66. The van der Waals surface area contributed by atoms with E-state index in [4.69, 9.17) is 23.2 Å². The lowest BCUT2D eigenvalue weighted by molar-refractivity contribution is -0.137. The van der Waals surface area contributed by atoms with Crippen LogP contribution in [0.4, 0.5) is 24.7 Å². The Morgan fingerprint density at radius 3 is 2.30 bits per heavy atom. The number of aromatic amines is 1. The van der Waals surface area contributed by atoms with Crippen molar-refractivity contribution in [2.24, 2.45) is 0 Å². The molecule has 0 aliphatic rings. The van der Waals surface area contributed by atoms with Gasteiger partial charge in [0.2, 0.25) is 0 Å². The summed E-state index contributed by atoms with van der Waals surface area (Å²) in [7, 11) is 0. The summed E-state index contributed by atoms with van der Waals surface area (Å²) < 4.78 is 38.8. The van der Waals surface area contributed by atoms with E-state index in [1.54, 1.807) is 0 Å². The molecule has 0 aliphatic carbocycles. The van der Waals surface area contributed by atoms with Crippen molar-refractivity contribution < 1.29 is 13.2 Å². The third-order valence-electron chi connectivity index (χ3n) is 3.96. The monoisotopic (exact) mass is 431 g/mol. The molecule has 2 N–H and O–H groups in total. The van der Waals surface area contributed by atoms with Gasteiger partial charge in [-0.1, -0.05) is 47.5 Å². The van der Waals surface area contributed by atoms with E-state index in [9.17, 15) is 13.2 Å². The van der Waals surface area contributed by atoms with Gasteiger partial charge in [0.25, 0.3) is 0 Å². The van der Waals surface area contributed by atoms with Crippen LogP contribution in [0.5, 0.6) is 0 Å². The fraction of sp³-hybridized carbons (Fsp3) is 0.167. The Bertz CT molecular complexity index is 963. The Morgan fingerprint density at radius 2 is 1.74 bits per heavy atom. The maximum absolute atomic E-state index is 12.9. The number of alkyl halides is 3. The molecule has 9 heteroatoms. The van der Waals surface area contributed by atoms with Crippen LogP contribution in [-0.4, -0.2) is 16.5 Å². The predicted octanol–water partition coefficient (Wildman–Crippen LogP) is 7.18. The lowest BCUT2D eigenvalue weighted by atomic mass is 10.0. The summed E-state index contributed by atoms with van der Waals surface area (Å²) in [4.78, 5) is 0. The molecule has 0 saturated carbocycles. The van der Waals surface area contributed by atoms with Crippen molar-refractivity contribution >= 4 is 46.5 Å². The van der Waals surface area contributed by atoms with E-state index >= 15 is 0 Å². The van der Waals surface area contributed by atoms with Gasteiger partial charge in [0, 0.05) is 0 Å². The van der Waals surface area contributed by atoms with Gasteiger partial charge in [0.15, 0.2) is 0 Å². The third kappa shape index (κ3) is 4.05. The molecule has 2 aromatic carbocycles. The van der Waals surface area contributed by atoms with E-state index in [0.29, 0.717) is 5.82 Å². The van der Waals surface area contributed by atoms with Gasteiger partial charge in [0.1, 0.15) is 10.8 Å². The van der Waals surface area contributed by atoms with E-state index < -0.39 is 11.7 Å². The molecule has 0 bridgehead atoms. The van der Waals surface area contributed by atoms with Crippen LogP contribution >= 0.6 is 35.0 Å². The normalized spacial score (nSPS) is 11.7. The first-order chi connectivity index (χ1) is 12.7. The summed E-state index contributed by atoms with van der Waals surface area (Å²) in [6.45, 7) is 1.97. The highest BCUT2D eigenvalue weighted by atomic mass is 35.5. The maximum atomic E-state index is 12.9. The quantitative estimate of drug-likeness (QED) is 0.429. The number of benzene rings is 2. The Morgan fingerprint density at radius 1 is 1.11 bits per heavy atom. The van der Waals surface area contributed by atoms with Crippen LogP contribution in [0.25, 0.3) is 11.1 Å². The zero-order chi connectivity index (χ0) is 19.8. The number of aryl methyl sites for hydroxylation is 1. The number of hydrogen-bond donors (Lipinski definition) is 2. The number of nitrogens with one attached hydrogen (secondary N) is 2. The van der Waals surface area contributed by atoms with E-state index in [0.717, 1.165) is 33.8 Å². The first-order valence-electron chi connectivity index (χ1n) is 7.74. The fourth-order valence-corrected chi connectivity index (χ4v) is 3.78. The van der Waals surface area contributed by atoms with Gasteiger partial charge in [-0.25, -0.2) is 0 Å². The summed E-state index contributed by atoms with van der Waals surface area (Å²) in [6, 6.07) is 9.43.